The molecule has 0 spiro atoms. The van der Waals surface area contributed by atoms with Gasteiger partial charge in [-0.05, 0) is 38.8 Å². The van der Waals surface area contributed by atoms with Crippen LogP contribution < -0.4 is 9.46 Å². The zero-order chi connectivity index (χ0) is 16.1. The molecule has 21 heavy (non-hydrogen) atoms. The second-order valence-corrected chi connectivity index (χ2v) is 7.37. The standard InChI is InChI=1S/C15H22N2O3S/c1-5-15(3,4)20-14-10-12(2)6-7-13(14)11-17-21(18,19)9-8-16/h6-7,10,17H,5,9,11H2,1-4H3. The molecule has 116 valence electrons. The molecule has 1 N–H and O–H groups in total. The molecule has 0 aliphatic carbocycles. The van der Waals surface area contributed by atoms with Crippen LogP contribution in [-0.4, -0.2) is 19.8 Å². The van der Waals surface area contributed by atoms with Crippen molar-refractivity contribution in [2.24, 2.45) is 0 Å². The quantitative estimate of drug-likeness (QED) is 0.839. The number of hydrogen-bond acceptors (Lipinski definition) is 4. The van der Waals surface area contributed by atoms with E-state index in [-0.39, 0.29) is 12.1 Å². The summed E-state index contributed by atoms with van der Waals surface area (Å²) in [6, 6.07) is 7.27. The SMILES string of the molecule is CCC(C)(C)Oc1cc(C)ccc1CNS(=O)(=O)CC#N. The van der Waals surface area contributed by atoms with Crippen LogP contribution in [0.2, 0.25) is 0 Å². The lowest BCUT2D eigenvalue weighted by atomic mass is 10.1. The second-order valence-electron chi connectivity index (χ2n) is 5.56. The van der Waals surface area contributed by atoms with E-state index < -0.39 is 15.8 Å². The van der Waals surface area contributed by atoms with Crippen molar-refractivity contribution in [3.05, 3.63) is 29.3 Å². The average Bonchev–Trinajstić information content (AvgIpc) is 2.37. The van der Waals surface area contributed by atoms with Gasteiger partial charge in [0.1, 0.15) is 11.4 Å². The highest BCUT2D eigenvalue weighted by Gasteiger charge is 2.19. The molecule has 0 aliphatic rings. The Hall–Kier alpha value is -1.58. The van der Waals surface area contributed by atoms with Gasteiger partial charge in [-0.1, -0.05) is 19.1 Å². The smallest absolute Gasteiger partial charge is 0.225 e. The highest BCUT2D eigenvalue weighted by atomic mass is 32.2. The van der Waals surface area contributed by atoms with Crippen molar-refractivity contribution in [2.75, 3.05) is 5.75 Å². The molecular weight excluding hydrogens is 288 g/mol. The van der Waals surface area contributed by atoms with Crippen molar-refractivity contribution in [3.63, 3.8) is 0 Å². The van der Waals surface area contributed by atoms with E-state index in [4.69, 9.17) is 10.00 Å². The lowest BCUT2D eigenvalue weighted by molar-refractivity contribution is 0.104. The molecule has 1 aromatic carbocycles. The molecule has 0 aliphatic heterocycles. The Morgan fingerprint density at radius 3 is 2.62 bits per heavy atom. The molecule has 0 saturated heterocycles. The van der Waals surface area contributed by atoms with Crippen LogP contribution in [0.1, 0.15) is 38.3 Å². The largest absolute Gasteiger partial charge is 0.488 e. The van der Waals surface area contributed by atoms with Crippen LogP contribution in [0.4, 0.5) is 0 Å². The third-order valence-corrected chi connectivity index (χ3v) is 4.29. The molecular formula is C15H22N2O3S. The monoisotopic (exact) mass is 310 g/mol. The molecule has 0 unspecified atom stereocenters. The molecule has 0 amide bonds. The Morgan fingerprint density at radius 2 is 2.05 bits per heavy atom. The van der Waals surface area contributed by atoms with Gasteiger partial charge in [-0.25, -0.2) is 13.1 Å². The number of nitriles is 1. The van der Waals surface area contributed by atoms with Gasteiger partial charge in [0.15, 0.2) is 5.75 Å². The molecule has 0 heterocycles. The Labute approximate surface area is 127 Å². The highest BCUT2D eigenvalue weighted by molar-refractivity contribution is 7.89. The summed E-state index contributed by atoms with van der Waals surface area (Å²) >= 11 is 0. The predicted molar refractivity (Wildman–Crippen MR) is 82.4 cm³/mol. The van der Waals surface area contributed by atoms with E-state index in [0.29, 0.717) is 5.75 Å². The first-order valence-corrected chi connectivity index (χ1v) is 8.47. The van der Waals surface area contributed by atoms with E-state index in [1.165, 1.54) is 0 Å². The van der Waals surface area contributed by atoms with Gasteiger partial charge >= 0.3 is 0 Å². The Bertz CT molecular complexity index is 631. The van der Waals surface area contributed by atoms with E-state index in [2.05, 4.69) is 4.72 Å². The van der Waals surface area contributed by atoms with Crippen molar-refractivity contribution in [3.8, 4) is 11.8 Å². The lowest BCUT2D eigenvalue weighted by Gasteiger charge is -2.26. The molecule has 1 rings (SSSR count). The summed E-state index contributed by atoms with van der Waals surface area (Å²) in [5.74, 6) is 0.122. The number of nitrogens with one attached hydrogen (secondary N) is 1. The fourth-order valence-electron chi connectivity index (χ4n) is 1.60. The van der Waals surface area contributed by atoms with Gasteiger partial charge in [-0.15, -0.1) is 0 Å². The first-order valence-electron chi connectivity index (χ1n) is 6.82. The van der Waals surface area contributed by atoms with Gasteiger partial charge in [-0.2, -0.15) is 5.26 Å². The Balaban J connectivity index is 2.95. The van der Waals surface area contributed by atoms with Crippen LogP contribution in [0.5, 0.6) is 5.75 Å². The van der Waals surface area contributed by atoms with Crippen LogP contribution in [-0.2, 0) is 16.6 Å². The van der Waals surface area contributed by atoms with Gasteiger partial charge in [0.2, 0.25) is 10.0 Å². The maximum absolute atomic E-state index is 11.5. The maximum atomic E-state index is 11.5. The summed E-state index contributed by atoms with van der Waals surface area (Å²) in [5.41, 5.74) is 1.47. The first-order chi connectivity index (χ1) is 9.69. The van der Waals surface area contributed by atoms with Gasteiger partial charge in [0.05, 0.1) is 6.07 Å². The van der Waals surface area contributed by atoms with Gasteiger partial charge in [-0.3, -0.25) is 0 Å². The topological polar surface area (TPSA) is 79.2 Å². The van der Waals surface area contributed by atoms with E-state index in [0.717, 1.165) is 17.5 Å². The zero-order valence-corrected chi connectivity index (χ0v) is 13.8. The molecule has 0 aromatic heterocycles. The van der Waals surface area contributed by atoms with E-state index in [9.17, 15) is 8.42 Å². The number of sulfonamides is 1. The molecule has 0 radical (unpaired) electrons. The number of hydrogen-bond donors (Lipinski definition) is 1. The lowest BCUT2D eigenvalue weighted by Crippen LogP contribution is -2.29. The first kappa shape index (κ1) is 17.5. The van der Waals surface area contributed by atoms with Crippen molar-refractivity contribution in [1.29, 1.82) is 5.26 Å². The van der Waals surface area contributed by atoms with Crippen molar-refractivity contribution in [2.45, 2.75) is 46.3 Å². The summed E-state index contributed by atoms with van der Waals surface area (Å²) in [6.07, 6.45) is 0.834. The third kappa shape index (κ3) is 5.74. The van der Waals surface area contributed by atoms with Crippen molar-refractivity contribution >= 4 is 10.0 Å². The summed E-state index contributed by atoms with van der Waals surface area (Å²) in [4.78, 5) is 0. The predicted octanol–water partition coefficient (Wildman–Crippen LogP) is 2.51. The maximum Gasteiger partial charge on any atom is 0.225 e. The molecule has 0 fully saturated rings. The minimum absolute atomic E-state index is 0.111. The number of ether oxygens (including phenoxy) is 1. The van der Waals surface area contributed by atoms with E-state index in [1.54, 1.807) is 6.07 Å². The summed E-state index contributed by atoms with van der Waals surface area (Å²) in [5, 5.41) is 8.48. The number of benzene rings is 1. The molecule has 6 heteroatoms. The third-order valence-electron chi connectivity index (χ3n) is 3.20. The summed E-state index contributed by atoms with van der Waals surface area (Å²) in [6.45, 7) is 8.07. The fourth-order valence-corrected chi connectivity index (χ4v) is 2.24. The van der Waals surface area contributed by atoms with Crippen molar-refractivity contribution < 1.29 is 13.2 Å². The normalized spacial score (nSPS) is 12.0. The van der Waals surface area contributed by atoms with Crippen LogP contribution in [0.3, 0.4) is 0 Å². The van der Waals surface area contributed by atoms with E-state index in [1.807, 2.05) is 45.9 Å². The van der Waals surface area contributed by atoms with Crippen LogP contribution in [0.15, 0.2) is 18.2 Å². The molecule has 0 atom stereocenters. The number of aryl methyl sites for hydroxylation is 1. The number of rotatable bonds is 7. The second kappa shape index (κ2) is 6.92. The molecule has 5 nitrogen and oxygen atoms in total. The summed E-state index contributed by atoms with van der Waals surface area (Å²) < 4.78 is 31.5. The van der Waals surface area contributed by atoms with E-state index >= 15 is 0 Å². The molecule has 0 saturated carbocycles. The van der Waals surface area contributed by atoms with Crippen LogP contribution in [0, 0.1) is 18.3 Å². The fraction of sp³-hybridized carbons (Fsp3) is 0.533. The summed E-state index contributed by atoms with van der Waals surface area (Å²) in [7, 11) is -3.57. The van der Waals surface area contributed by atoms with Gasteiger partial charge in [0.25, 0.3) is 0 Å². The minimum Gasteiger partial charge on any atom is -0.488 e. The van der Waals surface area contributed by atoms with Crippen LogP contribution in [0.25, 0.3) is 0 Å². The van der Waals surface area contributed by atoms with Crippen molar-refractivity contribution in [1.82, 2.24) is 4.72 Å². The molecule has 0 bridgehead atoms. The zero-order valence-electron chi connectivity index (χ0n) is 12.9. The molecule has 1 aromatic rings. The highest BCUT2D eigenvalue weighted by Crippen LogP contribution is 2.26. The Morgan fingerprint density at radius 1 is 1.38 bits per heavy atom. The minimum atomic E-state index is -3.57. The van der Waals surface area contributed by atoms with Gasteiger partial charge in [0, 0.05) is 12.1 Å². The number of nitrogens with zero attached hydrogens (tertiary/aromatic N) is 1. The van der Waals surface area contributed by atoms with Gasteiger partial charge < -0.3 is 4.74 Å². The Kier molecular flexibility index (Phi) is 5.76. The van der Waals surface area contributed by atoms with Crippen LogP contribution >= 0.6 is 0 Å². The average molecular weight is 310 g/mol.